The summed E-state index contributed by atoms with van der Waals surface area (Å²) in [4.78, 5) is 2.70. The smallest absolute Gasteiger partial charge is 0.0224 e. The number of hydrogen-bond donors (Lipinski definition) is 1. The Balaban J connectivity index is 1.90. The van der Waals surface area contributed by atoms with Crippen LogP contribution in [0.4, 0.5) is 0 Å². The van der Waals surface area contributed by atoms with Gasteiger partial charge in [-0.2, -0.15) is 11.8 Å². The second-order valence-corrected chi connectivity index (χ2v) is 7.67. The SMILES string of the molecule is CC1SCCN(C(CN)CC2CCCCC2)C1C. The van der Waals surface area contributed by atoms with E-state index >= 15 is 0 Å². The van der Waals surface area contributed by atoms with E-state index in [4.69, 9.17) is 5.73 Å². The van der Waals surface area contributed by atoms with E-state index < -0.39 is 0 Å². The lowest BCUT2D eigenvalue weighted by Gasteiger charge is -2.43. The monoisotopic (exact) mass is 270 g/mol. The molecule has 3 unspecified atom stereocenters. The van der Waals surface area contributed by atoms with Gasteiger partial charge in [0.1, 0.15) is 0 Å². The summed E-state index contributed by atoms with van der Waals surface area (Å²) in [5, 5.41) is 0.763. The fraction of sp³-hybridized carbons (Fsp3) is 1.00. The highest BCUT2D eigenvalue weighted by molar-refractivity contribution is 8.00. The van der Waals surface area contributed by atoms with Crippen LogP contribution in [0, 0.1) is 5.92 Å². The summed E-state index contributed by atoms with van der Waals surface area (Å²) in [6.07, 6.45) is 8.59. The van der Waals surface area contributed by atoms with E-state index in [0.717, 1.165) is 17.7 Å². The van der Waals surface area contributed by atoms with Gasteiger partial charge in [0.25, 0.3) is 0 Å². The molecule has 2 N–H and O–H groups in total. The van der Waals surface area contributed by atoms with Gasteiger partial charge in [-0.15, -0.1) is 0 Å². The predicted molar refractivity (Wildman–Crippen MR) is 82.1 cm³/mol. The normalized spacial score (nSPS) is 33.5. The van der Waals surface area contributed by atoms with E-state index in [9.17, 15) is 0 Å². The highest BCUT2D eigenvalue weighted by Crippen LogP contribution is 2.31. The maximum Gasteiger partial charge on any atom is 0.0224 e. The highest BCUT2D eigenvalue weighted by atomic mass is 32.2. The van der Waals surface area contributed by atoms with Crippen LogP contribution in [0.2, 0.25) is 0 Å². The molecular weight excluding hydrogens is 240 g/mol. The van der Waals surface area contributed by atoms with Crippen molar-refractivity contribution in [2.24, 2.45) is 11.7 Å². The molecule has 3 heteroatoms. The summed E-state index contributed by atoms with van der Waals surface area (Å²) in [6, 6.07) is 1.33. The molecule has 1 saturated carbocycles. The molecule has 2 nitrogen and oxygen atoms in total. The average molecular weight is 270 g/mol. The molecule has 2 rings (SSSR count). The van der Waals surface area contributed by atoms with Gasteiger partial charge in [-0.25, -0.2) is 0 Å². The molecule has 2 fully saturated rings. The van der Waals surface area contributed by atoms with Crippen LogP contribution < -0.4 is 5.73 Å². The van der Waals surface area contributed by atoms with E-state index in [-0.39, 0.29) is 0 Å². The molecule has 0 amide bonds. The Labute approximate surface area is 117 Å². The van der Waals surface area contributed by atoms with Crippen molar-refractivity contribution in [3.05, 3.63) is 0 Å². The Hall–Kier alpha value is 0.270. The van der Waals surface area contributed by atoms with Crippen LogP contribution >= 0.6 is 11.8 Å². The number of nitrogens with two attached hydrogens (primary N) is 1. The van der Waals surface area contributed by atoms with Crippen molar-refractivity contribution >= 4 is 11.8 Å². The van der Waals surface area contributed by atoms with Gasteiger partial charge in [-0.05, 0) is 19.3 Å². The van der Waals surface area contributed by atoms with Crippen LogP contribution in [-0.2, 0) is 0 Å². The van der Waals surface area contributed by atoms with Gasteiger partial charge in [-0.1, -0.05) is 39.0 Å². The Morgan fingerprint density at radius 2 is 1.94 bits per heavy atom. The molecule has 0 radical (unpaired) electrons. The van der Waals surface area contributed by atoms with Crippen LogP contribution in [0.15, 0.2) is 0 Å². The summed E-state index contributed by atoms with van der Waals surface area (Å²) in [6.45, 7) is 6.85. The third-order valence-electron chi connectivity index (χ3n) is 5.00. The second kappa shape index (κ2) is 7.16. The minimum Gasteiger partial charge on any atom is -0.329 e. The van der Waals surface area contributed by atoms with Crippen LogP contribution in [0.5, 0.6) is 0 Å². The molecule has 18 heavy (non-hydrogen) atoms. The Morgan fingerprint density at radius 3 is 2.61 bits per heavy atom. The van der Waals surface area contributed by atoms with Gasteiger partial charge < -0.3 is 5.73 Å². The van der Waals surface area contributed by atoms with Crippen LogP contribution in [-0.4, -0.2) is 41.1 Å². The van der Waals surface area contributed by atoms with Crippen molar-refractivity contribution in [3.63, 3.8) is 0 Å². The van der Waals surface area contributed by atoms with Crippen molar-refractivity contribution in [1.29, 1.82) is 0 Å². The van der Waals surface area contributed by atoms with E-state index in [1.165, 1.54) is 50.8 Å². The van der Waals surface area contributed by atoms with Gasteiger partial charge >= 0.3 is 0 Å². The van der Waals surface area contributed by atoms with Crippen molar-refractivity contribution in [2.75, 3.05) is 18.8 Å². The molecule has 106 valence electrons. The molecule has 0 spiro atoms. The zero-order valence-corrected chi connectivity index (χ0v) is 12.9. The maximum atomic E-state index is 6.08. The second-order valence-electron chi connectivity index (χ2n) is 6.18. The molecule has 0 aromatic carbocycles. The lowest BCUT2D eigenvalue weighted by Crippen LogP contribution is -2.53. The molecule has 1 heterocycles. The highest BCUT2D eigenvalue weighted by Gasteiger charge is 2.31. The minimum absolute atomic E-state index is 0.631. The quantitative estimate of drug-likeness (QED) is 0.851. The molecular formula is C15H30N2S. The largest absolute Gasteiger partial charge is 0.329 e. The molecule has 1 aliphatic heterocycles. The summed E-state index contributed by atoms with van der Waals surface area (Å²) in [7, 11) is 0. The first-order valence-electron chi connectivity index (χ1n) is 7.79. The van der Waals surface area contributed by atoms with Crippen molar-refractivity contribution in [3.8, 4) is 0 Å². The Bertz CT molecular complexity index is 241. The standard InChI is InChI=1S/C15H30N2S/c1-12-13(2)18-9-8-17(12)15(11-16)10-14-6-4-3-5-7-14/h12-15H,3-11,16H2,1-2H3. The fourth-order valence-corrected chi connectivity index (χ4v) is 4.77. The zero-order valence-electron chi connectivity index (χ0n) is 12.1. The maximum absolute atomic E-state index is 6.08. The van der Waals surface area contributed by atoms with E-state index in [2.05, 4.69) is 30.5 Å². The summed E-state index contributed by atoms with van der Waals surface area (Å²) >= 11 is 2.12. The number of thioether (sulfide) groups is 1. The number of nitrogens with zero attached hydrogens (tertiary/aromatic N) is 1. The molecule has 3 atom stereocenters. The first-order chi connectivity index (χ1) is 8.72. The zero-order chi connectivity index (χ0) is 13.0. The van der Waals surface area contributed by atoms with E-state index in [1.54, 1.807) is 0 Å². The average Bonchev–Trinajstić information content (AvgIpc) is 2.41. The molecule has 0 bridgehead atoms. The van der Waals surface area contributed by atoms with Gasteiger partial charge in [0.05, 0.1) is 0 Å². The predicted octanol–water partition coefficient (Wildman–Crippen LogP) is 3.11. The van der Waals surface area contributed by atoms with E-state index in [0.29, 0.717) is 12.1 Å². The summed E-state index contributed by atoms with van der Waals surface area (Å²) in [5.74, 6) is 2.23. The fourth-order valence-electron chi connectivity index (χ4n) is 3.65. The Kier molecular flexibility index (Phi) is 5.84. The van der Waals surface area contributed by atoms with Gasteiger partial charge in [-0.3, -0.25) is 4.90 Å². The van der Waals surface area contributed by atoms with Crippen LogP contribution in [0.3, 0.4) is 0 Å². The number of hydrogen-bond acceptors (Lipinski definition) is 3. The van der Waals surface area contributed by atoms with Crippen LogP contribution in [0.1, 0.15) is 52.4 Å². The molecule has 0 aromatic heterocycles. The first kappa shape index (κ1) is 14.7. The minimum atomic E-state index is 0.631. The molecule has 1 saturated heterocycles. The molecule has 1 aliphatic carbocycles. The number of rotatable bonds is 4. The first-order valence-corrected chi connectivity index (χ1v) is 8.84. The topological polar surface area (TPSA) is 29.3 Å². The molecule has 0 aromatic rings. The summed E-state index contributed by atoms with van der Waals surface area (Å²) in [5.41, 5.74) is 6.08. The van der Waals surface area contributed by atoms with Gasteiger partial charge in [0.15, 0.2) is 0 Å². The lowest BCUT2D eigenvalue weighted by atomic mass is 9.84. The summed E-state index contributed by atoms with van der Waals surface area (Å²) < 4.78 is 0. The van der Waals surface area contributed by atoms with Gasteiger partial charge in [0, 0.05) is 36.2 Å². The van der Waals surface area contributed by atoms with Crippen molar-refractivity contribution in [1.82, 2.24) is 4.90 Å². The van der Waals surface area contributed by atoms with Crippen LogP contribution in [0.25, 0.3) is 0 Å². The third kappa shape index (κ3) is 3.64. The third-order valence-corrected chi connectivity index (χ3v) is 6.34. The molecule has 2 aliphatic rings. The lowest BCUT2D eigenvalue weighted by molar-refractivity contribution is 0.121. The van der Waals surface area contributed by atoms with Crippen molar-refractivity contribution in [2.45, 2.75) is 69.7 Å². The van der Waals surface area contributed by atoms with E-state index in [1.807, 2.05) is 0 Å². The van der Waals surface area contributed by atoms with Crippen molar-refractivity contribution < 1.29 is 0 Å². The Morgan fingerprint density at radius 1 is 1.22 bits per heavy atom. The van der Waals surface area contributed by atoms with Gasteiger partial charge in [0.2, 0.25) is 0 Å².